The third-order valence-corrected chi connectivity index (χ3v) is 17.0. The van der Waals surface area contributed by atoms with Crippen molar-refractivity contribution in [3.05, 3.63) is 36.5 Å². The van der Waals surface area contributed by atoms with E-state index < -0.39 is 86.8 Å². The van der Waals surface area contributed by atoms with Gasteiger partial charge in [-0.1, -0.05) is 275 Å². The van der Waals surface area contributed by atoms with Gasteiger partial charge in [-0.15, -0.1) is 0 Å². The molecule has 2 aliphatic heterocycles. The molecule has 2 saturated heterocycles. The molecule has 2 rings (SSSR count). The number of amides is 1. The molecule has 0 aromatic heterocycles. The minimum Gasteiger partial charge on any atom is -0.394 e. The van der Waals surface area contributed by atoms with Crippen LogP contribution in [0.3, 0.4) is 0 Å². The Morgan fingerprint density at radius 2 is 0.771 bits per heavy atom. The van der Waals surface area contributed by atoms with Gasteiger partial charge in [-0.25, -0.2) is 0 Å². The number of hydrogen-bond donors (Lipinski definition) is 9. The van der Waals surface area contributed by atoms with E-state index in [2.05, 4.69) is 43.5 Å². The summed E-state index contributed by atoms with van der Waals surface area (Å²) >= 11 is 0. The van der Waals surface area contributed by atoms with Crippen LogP contribution in [-0.2, 0) is 23.7 Å². The van der Waals surface area contributed by atoms with Crippen molar-refractivity contribution < 1.29 is 64.6 Å². The molecule has 2 fully saturated rings. The quantitative estimate of drug-likeness (QED) is 0.0204. The molecule has 2 heterocycles. The first-order chi connectivity index (χ1) is 40.6. The summed E-state index contributed by atoms with van der Waals surface area (Å²) in [4.78, 5) is 13.3. The summed E-state index contributed by atoms with van der Waals surface area (Å²) in [7, 11) is 0. The Hall–Kier alpha value is -1.79. The Morgan fingerprint density at radius 1 is 0.422 bits per heavy atom. The van der Waals surface area contributed by atoms with Crippen LogP contribution in [0.4, 0.5) is 0 Å². The van der Waals surface area contributed by atoms with Crippen LogP contribution in [0.15, 0.2) is 36.5 Å². The highest BCUT2D eigenvalue weighted by Crippen LogP contribution is 2.30. The summed E-state index contributed by atoms with van der Waals surface area (Å²) in [6, 6.07) is -0.934. The summed E-state index contributed by atoms with van der Waals surface area (Å²) < 4.78 is 22.8. The maximum Gasteiger partial charge on any atom is 0.220 e. The lowest BCUT2D eigenvalue weighted by molar-refractivity contribution is -0.359. The summed E-state index contributed by atoms with van der Waals surface area (Å²) in [6.45, 7) is 2.81. The molecule has 9 N–H and O–H groups in total. The van der Waals surface area contributed by atoms with Gasteiger partial charge in [0.05, 0.1) is 32.0 Å². The van der Waals surface area contributed by atoms with Gasteiger partial charge < -0.3 is 65.1 Å². The highest BCUT2D eigenvalue weighted by atomic mass is 16.7. The topological polar surface area (TPSA) is 228 Å². The van der Waals surface area contributed by atoms with E-state index in [1.807, 2.05) is 6.08 Å². The van der Waals surface area contributed by atoms with Gasteiger partial charge in [-0.2, -0.15) is 0 Å². The number of unbranched alkanes of at least 4 members (excludes halogenated alkanes) is 40. The molecule has 2 aliphatic rings. The number of hydrogen-bond acceptors (Lipinski definition) is 13. The van der Waals surface area contributed by atoms with Crippen LogP contribution < -0.4 is 5.32 Å². The second kappa shape index (κ2) is 54.4. The molecule has 12 unspecified atom stereocenters. The van der Waals surface area contributed by atoms with E-state index in [9.17, 15) is 45.6 Å². The van der Waals surface area contributed by atoms with Crippen LogP contribution in [0, 0.1) is 0 Å². The first-order valence-corrected chi connectivity index (χ1v) is 34.7. The molecule has 0 saturated carbocycles. The molecule has 0 aliphatic carbocycles. The molecule has 12 atom stereocenters. The zero-order valence-electron chi connectivity index (χ0n) is 53.0. The second-order valence-electron chi connectivity index (χ2n) is 24.6. The number of aliphatic hydroxyl groups excluding tert-OH is 8. The monoisotopic (exact) mass is 1180 g/mol. The Bertz CT molecular complexity index is 1530. The molecular formula is C69H129NO13. The van der Waals surface area contributed by atoms with Gasteiger partial charge in [0, 0.05) is 6.42 Å². The average molecular weight is 1180 g/mol. The maximum atomic E-state index is 13.3. The zero-order chi connectivity index (χ0) is 60.2. The van der Waals surface area contributed by atoms with E-state index in [0.717, 1.165) is 38.5 Å². The number of carbonyl (C=O) groups excluding carboxylic acids is 1. The average Bonchev–Trinajstić information content (AvgIpc) is 3.65. The molecule has 0 spiro atoms. The molecule has 0 aromatic rings. The van der Waals surface area contributed by atoms with Crippen LogP contribution in [0.25, 0.3) is 0 Å². The molecule has 0 radical (unpaired) electrons. The van der Waals surface area contributed by atoms with E-state index in [1.54, 1.807) is 6.08 Å². The van der Waals surface area contributed by atoms with Crippen molar-refractivity contribution in [2.45, 2.75) is 376 Å². The van der Waals surface area contributed by atoms with E-state index in [4.69, 9.17) is 18.9 Å². The molecule has 14 heteroatoms. The van der Waals surface area contributed by atoms with Crippen LogP contribution in [0.2, 0.25) is 0 Å². The number of aliphatic hydroxyl groups is 8. The minimum absolute atomic E-state index is 0.251. The second-order valence-corrected chi connectivity index (χ2v) is 24.6. The summed E-state index contributed by atoms with van der Waals surface area (Å²) in [5, 5.41) is 87.3. The smallest absolute Gasteiger partial charge is 0.220 e. The third kappa shape index (κ3) is 39.0. The first kappa shape index (κ1) is 77.3. The molecule has 83 heavy (non-hydrogen) atoms. The fraction of sp³-hybridized carbons (Fsp3) is 0.899. The summed E-state index contributed by atoms with van der Waals surface area (Å²) in [5.74, 6) is -0.251. The van der Waals surface area contributed by atoms with Gasteiger partial charge in [0.25, 0.3) is 0 Å². The van der Waals surface area contributed by atoms with Crippen molar-refractivity contribution in [2.24, 2.45) is 0 Å². The molecule has 488 valence electrons. The number of rotatable bonds is 57. The van der Waals surface area contributed by atoms with Crippen molar-refractivity contribution in [3.63, 3.8) is 0 Å². The van der Waals surface area contributed by atoms with Crippen molar-refractivity contribution in [1.82, 2.24) is 5.32 Å². The van der Waals surface area contributed by atoms with Gasteiger partial charge in [0.2, 0.25) is 5.91 Å². The largest absolute Gasteiger partial charge is 0.394 e. The van der Waals surface area contributed by atoms with Crippen LogP contribution in [0.5, 0.6) is 0 Å². The Morgan fingerprint density at radius 3 is 1.18 bits per heavy atom. The molecule has 1 amide bonds. The fourth-order valence-corrected chi connectivity index (χ4v) is 11.5. The van der Waals surface area contributed by atoms with E-state index in [-0.39, 0.29) is 18.9 Å². The highest BCUT2D eigenvalue weighted by molar-refractivity contribution is 5.76. The lowest BCUT2D eigenvalue weighted by Gasteiger charge is -2.46. The Balaban J connectivity index is 1.67. The molecule has 14 nitrogen and oxygen atoms in total. The predicted molar refractivity (Wildman–Crippen MR) is 337 cm³/mol. The number of allylic oxidation sites excluding steroid dienone is 5. The van der Waals surface area contributed by atoms with Crippen LogP contribution >= 0.6 is 0 Å². The van der Waals surface area contributed by atoms with Crippen LogP contribution in [-0.4, -0.2) is 140 Å². The van der Waals surface area contributed by atoms with Crippen molar-refractivity contribution in [3.8, 4) is 0 Å². The Kier molecular flexibility index (Phi) is 50.6. The molecule has 0 bridgehead atoms. The maximum absolute atomic E-state index is 13.3. The zero-order valence-corrected chi connectivity index (χ0v) is 53.0. The van der Waals surface area contributed by atoms with E-state index >= 15 is 0 Å². The fourth-order valence-electron chi connectivity index (χ4n) is 11.5. The number of ether oxygens (including phenoxy) is 4. The third-order valence-electron chi connectivity index (χ3n) is 17.0. The predicted octanol–water partition coefficient (Wildman–Crippen LogP) is 13.7. The summed E-state index contributed by atoms with van der Waals surface area (Å²) in [6.07, 6.45) is 52.2. The number of nitrogens with one attached hydrogen (secondary N) is 1. The standard InChI is InChI=1S/C69H129NO13/c1-3-5-7-9-11-13-15-17-19-21-22-23-24-25-26-27-28-29-30-31-32-33-34-35-37-38-40-42-44-46-48-50-52-58(73)57(70-61(74)53-51-49-47-45-43-41-39-36-20-18-16-14-12-10-8-6-4-2)56-80-68-66(79)64(77)67(60(55-72)82-68)83-69-65(78)63(76)62(75)59(54-71)81-69/h18,20,42,44,50,52,57-60,62-69,71-73,75-79H,3-17,19,21-41,43,45-49,51,53-56H2,1-2H3,(H,70,74)/b20-18-,44-42+,52-50+. The van der Waals surface area contributed by atoms with Gasteiger partial charge >= 0.3 is 0 Å². The van der Waals surface area contributed by atoms with Crippen molar-refractivity contribution >= 4 is 5.91 Å². The highest BCUT2D eigenvalue weighted by Gasteiger charge is 2.51. The van der Waals surface area contributed by atoms with Gasteiger partial charge in [0.15, 0.2) is 12.6 Å². The van der Waals surface area contributed by atoms with Crippen molar-refractivity contribution in [2.75, 3.05) is 19.8 Å². The molecular weight excluding hydrogens is 1050 g/mol. The normalized spacial score (nSPS) is 24.0. The number of carbonyl (C=O) groups is 1. The SMILES string of the molecule is CCCCCCCC/C=C\CCCCCCCCCC(=O)NC(COC1OC(CO)C(OC2OC(CO)C(O)C(O)C2O)C(O)C1O)C(O)/C=C/CC/C=C/CCCCCCCCCCCCCCCCCCCCCCCCCCCC. The lowest BCUT2D eigenvalue weighted by Crippen LogP contribution is -2.65. The Labute approximate surface area is 506 Å². The van der Waals surface area contributed by atoms with Gasteiger partial charge in [0.1, 0.15) is 48.8 Å². The van der Waals surface area contributed by atoms with Gasteiger partial charge in [-0.3, -0.25) is 4.79 Å². The van der Waals surface area contributed by atoms with Crippen molar-refractivity contribution in [1.29, 1.82) is 0 Å². The molecule has 0 aromatic carbocycles. The van der Waals surface area contributed by atoms with E-state index in [1.165, 1.54) is 231 Å². The summed E-state index contributed by atoms with van der Waals surface area (Å²) in [5.41, 5.74) is 0. The first-order valence-electron chi connectivity index (χ1n) is 34.7. The van der Waals surface area contributed by atoms with Crippen LogP contribution in [0.1, 0.15) is 303 Å². The van der Waals surface area contributed by atoms with Gasteiger partial charge in [-0.05, 0) is 57.8 Å². The minimum atomic E-state index is -1.79. The van der Waals surface area contributed by atoms with E-state index in [0.29, 0.717) is 12.8 Å². The lowest BCUT2D eigenvalue weighted by atomic mass is 9.97.